The van der Waals surface area contributed by atoms with Gasteiger partial charge in [0.2, 0.25) is 0 Å². The second-order valence-corrected chi connectivity index (χ2v) is 7.47. The Kier molecular flexibility index (Phi) is 3.12. The molecule has 0 unspecified atom stereocenters. The highest BCUT2D eigenvalue weighted by Crippen LogP contribution is 2.54. The van der Waals surface area contributed by atoms with E-state index in [-0.39, 0.29) is 0 Å². The van der Waals surface area contributed by atoms with E-state index in [1.807, 2.05) is 0 Å². The van der Waals surface area contributed by atoms with Crippen LogP contribution in [0.3, 0.4) is 0 Å². The summed E-state index contributed by atoms with van der Waals surface area (Å²) >= 11 is 5.24. The Hall–Kier alpha value is 0.140. The second kappa shape index (κ2) is 4.36. The standard InChI is InChI=1S/C14H19BrOS/c15-12-10-17-9-11(12)14(16)7-5-13(6-8-14)3-1-2-4-13/h9-10,16H,1-8H2. The average Bonchev–Trinajstić information content (AvgIpc) is 2.94. The molecule has 94 valence electrons. The van der Waals surface area contributed by atoms with Gasteiger partial charge in [0, 0.05) is 15.4 Å². The Morgan fingerprint density at radius 3 is 2.18 bits per heavy atom. The molecule has 0 atom stereocenters. The Morgan fingerprint density at radius 2 is 1.65 bits per heavy atom. The Balaban J connectivity index is 1.77. The van der Waals surface area contributed by atoms with Gasteiger partial charge >= 0.3 is 0 Å². The van der Waals surface area contributed by atoms with E-state index in [4.69, 9.17) is 0 Å². The molecule has 2 aliphatic rings. The van der Waals surface area contributed by atoms with E-state index in [1.54, 1.807) is 11.3 Å². The van der Waals surface area contributed by atoms with Crippen molar-refractivity contribution in [3.63, 3.8) is 0 Å². The van der Waals surface area contributed by atoms with E-state index in [9.17, 15) is 5.11 Å². The van der Waals surface area contributed by atoms with Crippen molar-refractivity contribution in [1.29, 1.82) is 0 Å². The highest BCUT2D eigenvalue weighted by molar-refractivity contribution is 9.10. The van der Waals surface area contributed by atoms with Crippen LogP contribution in [0.2, 0.25) is 0 Å². The first-order chi connectivity index (χ1) is 8.14. The average molecular weight is 315 g/mol. The van der Waals surface area contributed by atoms with Gasteiger partial charge in [0.05, 0.1) is 5.60 Å². The first-order valence-corrected chi connectivity index (χ1v) is 8.32. The van der Waals surface area contributed by atoms with Gasteiger partial charge in [-0.3, -0.25) is 0 Å². The van der Waals surface area contributed by atoms with Crippen LogP contribution >= 0.6 is 27.3 Å². The Bertz CT molecular complexity index is 396. The van der Waals surface area contributed by atoms with Crippen molar-refractivity contribution in [1.82, 2.24) is 0 Å². The monoisotopic (exact) mass is 314 g/mol. The number of aliphatic hydroxyl groups is 1. The maximum Gasteiger partial charge on any atom is 0.0915 e. The summed E-state index contributed by atoms with van der Waals surface area (Å²) in [7, 11) is 0. The lowest BCUT2D eigenvalue weighted by atomic mass is 9.66. The largest absolute Gasteiger partial charge is 0.385 e. The maximum atomic E-state index is 10.8. The Labute approximate surface area is 115 Å². The van der Waals surface area contributed by atoms with Gasteiger partial charge in [-0.25, -0.2) is 0 Å². The zero-order valence-electron chi connectivity index (χ0n) is 10.0. The topological polar surface area (TPSA) is 20.2 Å². The van der Waals surface area contributed by atoms with Crippen LogP contribution in [0.25, 0.3) is 0 Å². The van der Waals surface area contributed by atoms with E-state index in [1.165, 1.54) is 38.5 Å². The lowest BCUT2D eigenvalue weighted by Crippen LogP contribution is -2.35. The lowest BCUT2D eigenvalue weighted by molar-refractivity contribution is -0.0378. The molecule has 2 saturated carbocycles. The first kappa shape index (κ1) is 12.2. The van der Waals surface area contributed by atoms with Crippen molar-refractivity contribution >= 4 is 27.3 Å². The fourth-order valence-electron chi connectivity index (χ4n) is 3.70. The van der Waals surface area contributed by atoms with Gasteiger partial charge in [-0.15, -0.1) is 0 Å². The molecule has 0 aromatic carbocycles. The minimum absolute atomic E-state index is 0.563. The molecular weight excluding hydrogens is 296 g/mol. The molecule has 0 bridgehead atoms. The molecule has 17 heavy (non-hydrogen) atoms. The third-order valence-electron chi connectivity index (χ3n) is 4.92. The number of hydrogen-bond donors (Lipinski definition) is 1. The molecule has 1 nitrogen and oxygen atoms in total. The highest BCUT2D eigenvalue weighted by atomic mass is 79.9. The van der Waals surface area contributed by atoms with Crippen molar-refractivity contribution in [2.45, 2.75) is 57.0 Å². The summed E-state index contributed by atoms with van der Waals surface area (Å²) in [6, 6.07) is 0. The van der Waals surface area contributed by atoms with Gasteiger partial charge in [-0.05, 0) is 65.2 Å². The Morgan fingerprint density at radius 1 is 1.00 bits per heavy atom. The van der Waals surface area contributed by atoms with Crippen LogP contribution in [0.4, 0.5) is 0 Å². The van der Waals surface area contributed by atoms with Crippen molar-refractivity contribution in [3.05, 3.63) is 20.8 Å². The van der Waals surface area contributed by atoms with Crippen LogP contribution in [0.5, 0.6) is 0 Å². The van der Waals surface area contributed by atoms with Crippen LogP contribution in [0.1, 0.15) is 56.9 Å². The molecule has 2 fully saturated rings. The molecule has 0 radical (unpaired) electrons. The molecule has 0 saturated heterocycles. The van der Waals surface area contributed by atoms with Gasteiger partial charge in [-0.2, -0.15) is 11.3 Å². The van der Waals surface area contributed by atoms with Crippen LogP contribution in [-0.4, -0.2) is 5.11 Å². The minimum Gasteiger partial charge on any atom is -0.385 e. The molecule has 2 aliphatic carbocycles. The van der Waals surface area contributed by atoms with Gasteiger partial charge in [0.25, 0.3) is 0 Å². The van der Waals surface area contributed by atoms with E-state index in [2.05, 4.69) is 26.7 Å². The smallest absolute Gasteiger partial charge is 0.0915 e. The molecular formula is C14H19BrOS. The van der Waals surface area contributed by atoms with E-state index < -0.39 is 5.60 Å². The molecule has 3 rings (SSSR count). The molecule has 1 spiro atoms. The first-order valence-electron chi connectivity index (χ1n) is 6.58. The fourth-order valence-corrected chi connectivity index (χ4v) is 5.46. The van der Waals surface area contributed by atoms with Crippen molar-refractivity contribution in [2.24, 2.45) is 5.41 Å². The predicted molar refractivity (Wildman–Crippen MR) is 75.3 cm³/mol. The second-order valence-electron chi connectivity index (χ2n) is 5.87. The molecule has 0 amide bonds. The van der Waals surface area contributed by atoms with Crippen molar-refractivity contribution in [2.75, 3.05) is 0 Å². The van der Waals surface area contributed by atoms with Gasteiger partial charge in [0.15, 0.2) is 0 Å². The fraction of sp³-hybridized carbons (Fsp3) is 0.714. The third-order valence-corrected chi connectivity index (χ3v) is 6.62. The minimum atomic E-state index is -0.563. The molecule has 1 aromatic heterocycles. The predicted octanol–water partition coefficient (Wildman–Crippen LogP) is 4.83. The van der Waals surface area contributed by atoms with Crippen LogP contribution in [0, 0.1) is 5.41 Å². The lowest BCUT2D eigenvalue weighted by Gasteiger charge is -2.42. The summed E-state index contributed by atoms with van der Waals surface area (Å²) in [5.41, 5.74) is 1.15. The number of halogens is 1. The SMILES string of the molecule is OC1(c2cscc2Br)CCC2(CCCC2)CC1. The summed E-state index contributed by atoms with van der Waals surface area (Å²) in [5.74, 6) is 0. The molecule has 0 aliphatic heterocycles. The van der Waals surface area contributed by atoms with Crippen molar-refractivity contribution in [3.8, 4) is 0 Å². The van der Waals surface area contributed by atoms with Crippen molar-refractivity contribution < 1.29 is 5.11 Å². The number of hydrogen-bond acceptors (Lipinski definition) is 2. The quantitative estimate of drug-likeness (QED) is 0.787. The number of rotatable bonds is 1. The number of thiophene rings is 1. The molecule has 1 heterocycles. The van der Waals surface area contributed by atoms with Crippen LogP contribution < -0.4 is 0 Å². The normalized spacial score (nSPS) is 26.5. The zero-order chi connectivity index (χ0) is 11.9. The van der Waals surface area contributed by atoms with E-state index in [0.717, 1.165) is 22.9 Å². The molecule has 3 heteroatoms. The van der Waals surface area contributed by atoms with E-state index >= 15 is 0 Å². The summed E-state index contributed by atoms with van der Waals surface area (Å²) in [5, 5.41) is 15.0. The highest BCUT2D eigenvalue weighted by Gasteiger charge is 2.44. The van der Waals surface area contributed by atoms with Crippen LogP contribution in [0.15, 0.2) is 15.2 Å². The zero-order valence-corrected chi connectivity index (χ0v) is 12.4. The third kappa shape index (κ3) is 2.11. The summed E-state index contributed by atoms with van der Waals surface area (Å²) in [4.78, 5) is 0. The van der Waals surface area contributed by atoms with Crippen LogP contribution in [-0.2, 0) is 5.60 Å². The van der Waals surface area contributed by atoms with Gasteiger partial charge in [0.1, 0.15) is 0 Å². The van der Waals surface area contributed by atoms with E-state index in [0.29, 0.717) is 5.41 Å². The molecule has 1 aromatic rings. The summed E-state index contributed by atoms with van der Waals surface area (Å²) < 4.78 is 1.09. The van der Waals surface area contributed by atoms with Gasteiger partial charge < -0.3 is 5.11 Å². The van der Waals surface area contributed by atoms with Gasteiger partial charge in [-0.1, -0.05) is 12.8 Å². The summed E-state index contributed by atoms with van der Waals surface area (Å²) in [6.07, 6.45) is 9.92. The maximum absolute atomic E-state index is 10.8. The summed E-state index contributed by atoms with van der Waals surface area (Å²) in [6.45, 7) is 0. The molecule has 1 N–H and O–H groups in total.